The maximum atomic E-state index is 11.6. The highest BCUT2D eigenvalue weighted by molar-refractivity contribution is 5.88. The second kappa shape index (κ2) is 4.79. The van der Waals surface area contributed by atoms with Gasteiger partial charge in [-0.15, -0.1) is 0 Å². The van der Waals surface area contributed by atoms with Crippen LogP contribution in [0.3, 0.4) is 0 Å². The summed E-state index contributed by atoms with van der Waals surface area (Å²) >= 11 is 0. The van der Waals surface area contributed by atoms with Gasteiger partial charge in [-0.2, -0.15) is 0 Å². The average molecular weight is 248 g/mol. The van der Waals surface area contributed by atoms with Crippen molar-refractivity contribution in [2.24, 2.45) is 0 Å². The molecule has 0 aliphatic carbocycles. The number of aromatic nitrogens is 2. The number of carbonyl (C=O) groups is 1. The van der Waals surface area contributed by atoms with Crippen LogP contribution in [0.4, 0.5) is 0 Å². The number of ether oxygens (including phenoxy) is 1. The molecule has 0 saturated carbocycles. The van der Waals surface area contributed by atoms with E-state index in [2.05, 4.69) is 5.10 Å². The fraction of sp³-hybridized carbons (Fsp3) is 0.167. The third-order valence-corrected chi connectivity index (χ3v) is 2.35. The minimum Gasteiger partial charge on any atom is -0.508 e. The normalized spacial score (nSPS) is 10.3. The molecule has 0 fully saturated rings. The van der Waals surface area contributed by atoms with E-state index in [0.29, 0.717) is 5.69 Å². The van der Waals surface area contributed by atoms with E-state index in [1.165, 1.54) is 23.0 Å². The molecule has 0 saturated heterocycles. The van der Waals surface area contributed by atoms with Gasteiger partial charge in [0, 0.05) is 6.20 Å². The van der Waals surface area contributed by atoms with Gasteiger partial charge in [0.1, 0.15) is 11.3 Å². The Balaban J connectivity index is 2.37. The molecule has 0 amide bonds. The van der Waals surface area contributed by atoms with Crippen LogP contribution in [-0.2, 0) is 4.74 Å². The van der Waals surface area contributed by atoms with Gasteiger partial charge >= 0.3 is 5.97 Å². The van der Waals surface area contributed by atoms with Crippen LogP contribution in [0.25, 0.3) is 5.69 Å². The van der Waals surface area contributed by atoms with E-state index >= 15 is 0 Å². The first kappa shape index (κ1) is 12.0. The van der Waals surface area contributed by atoms with Crippen LogP contribution < -0.4 is 5.56 Å². The Kier molecular flexibility index (Phi) is 3.18. The maximum Gasteiger partial charge on any atom is 0.345 e. The first-order chi connectivity index (χ1) is 8.61. The van der Waals surface area contributed by atoms with Crippen molar-refractivity contribution in [3.8, 4) is 11.4 Å². The van der Waals surface area contributed by atoms with Crippen molar-refractivity contribution in [3.05, 3.63) is 46.4 Å². The van der Waals surface area contributed by atoms with E-state index in [9.17, 15) is 9.59 Å². The van der Waals surface area contributed by atoms with Gasteiger partial charge in [0.25, 0.3) is 5.56 Å². The number of benzene rings is 1. The Hall–Kier alpha value is -2.50. The molecule has 0 unspecified atom stereocenters. The molecule has 0 aliphatic heterocycles. The van der Waals surface area contributed by atoms with Gasteiger partial charge in [0.15, 0.2) is 0 Å². The molecule has 0 aliphatic rings. The molecular weight excluding hydrogens is 236 g/mol. The lowest BCUT2D eigenvalue weighted by Crippen LogP contribution is -2.14. The van der Waals surface area contributed by atoms with Crippen molar-refractivity contribution in [1.29, 1.82) is 0 Å². The Morgan fingerprint density at radius 2 is 2.06 bits per heavy atom. The van der Waals surface area contributed by atoms with Crippen molar-refractivity contribution in [2.75, 3.05) is 6.61 Å². The van der Waals surface area contributed by atoms with Crippen LogP contribution in [-0.4, -0.2) is 27.5 Å². The summed E-state index contributed by atoms with van der Waals surface area (Å²) in [7, 11) is 0. The number of phenols is 1. The molecule has 6 heteroatoms. The Morgan fingerprint density at radius 1 is 1.39 bits per heavy atom. The van der Waals surface area contributed by atoms with Crippen molar-refractivity contribution in [2.45, 2.75) is 6.92 Å². The number of hydrogen-bond donors (Lipinski definition) is 2. The number of aromatic amines is 1. The van der Waals surface area contributed by atoms with Crippen LogP contribution in [0.5, 0.6) is 5.75 Å². The quantitative estimate of drug-likeness (QED) is 0.795. The van der Waals surface area contributed by atoms with Gasteiger partial charge in [-0.25, -0.2) is 4.79 Å². The van der Waals surface area contributed by atoms with Gasteiger partial charge in [0.2, 0.25) is 0 Å². The van der Waals surface area contributed by atoms with E-state index in [-0.39, 0.29) is 17.9 Å². The maximum absolute atomic E-state index is 11.6. The number of aromatic hydroxyl groups is 1. The van der Waals surface area contributed by atoms with E-state index in [0.717, 1.165) is 0 Å². The fourth-order valence-electron chi connectivity index (χ4n) is 1.50. The smallest absolute Gasteiger partial charge is 0.345 e. The van der Waals surface area contributed by atoms with E-state index < -0.39 is 11.5 Å². The summed E-state index contributed by atoms with van der Waals surface area (Å²) in [4.78, 5) is 23.0. The van der Waals surface area contributed by atoms with Gasteiger partial charge in [-0.1, -0.05) is 0 Å². The summed E-state index contributed by atoms with van der Waals surface area (Å²) in [6, 6.07) is 6.19. The lowest BCUT2D eigenvalue weighted by atomic mass is 10.3. The zero-order valence-electron chi connectivity index (χ0n) is 9.71. The average Bonchev–Trinajstić information content (AvgIpc) is 2.72. The number of esters is 1. The van der Waals surface area contributed by atoms with E-state index in [1.807, 2.05) is 0 Å². The molecule has 0 radical (unpaired) electrons. The van der Waals surface area contributed by atoms with E-state index in [4.69, 9.17) is 9.84 Å². The standard InChI is InChI=1S/C12H12N2O4/c1-2-18-12(17)10-7-14(13-11(10)16)8-3-5-9(15)6-4-8/h3-7,15H,2H2,1H3,(H,13,16). The molecule has 0 atom stereocenters. The van der Waals surface area contributed by atoms with Crippen LogP contribution >= 0.6 is 0 Å². The summed E-state index contributed by atoms with van der Waals surface area (Å²) in [5.74, 6) is -0.532. The Bertz CT molecular complexity index is 610. The first-order valence-electron chi connectivity index (χ1n) is 5.40. The largest absolute Gasteiger partial charge is 0.508 e. The van der Waals surface area contributed by atoms with Crippen LogP contribution in [0.1, 0.15) is 17.3 Å². The molecule has 0 bridgehead atoms. The lowest BCUT2D eigenvalue weighted by molar-refractivity contribution is 0.0525. The molecule has 18 heavy (non-hydrogen) atoms. The highest BCUT2D eigenvalue weighted by atomic mass is 16.5. The lowest BCUT2D eigenvalue weighted by Gasteiger charge is -2.01. The van der Waals surface area contributed by atoms with Gasteiger partial charge < -0.3 is 9.84 Å². The number of rotatable bonds is 3. The topological polar surface area (TPSA) is 84.3 Å². The van der Waals surface area contributed by atoms with Gasteiger partial charge in [-0.3, -0.25) is 14.6 Å². The summed E-state index contributed by atoms with van der Waals surface area (Å²) in [5, 5.41) is 11.7. The summed E-state index contributed by atoms with van der Waals surface area (Å²) in [6.07, 6.45) is 1.37. The third kappa shape index (κ3) is 2.27. The number of nitrogens with one attached hydrogen (secondary N) is 1. The molecule has 1 aromatic carbocycles. The summed E-state index contributed by atoms with van der Waals surface area (Å²) in [5.41, 5.74) is 0.0619. The Labute approximate surface area is 102 Å². The molecule has 0 spiro atoms. The minimum atomic E-state index is -0.656. The zero-order chi connectivity index (χ0) is 13.1. The monoisotopic (exact) mass is 248 g/mol. The molecule has 2 aromatic rings. The van der Waals surface area contributed by atoms with Gasteiger partial charge in [0.05, 0.1) is 12.3 Å². The zero-order valence-corrected chi connectivity index (χ0v) is 9.71. The minimum absolute atomic E-state index is 0.0510. The van der Waals surface area contributed by atoms with Crippen LogP contribution in [0.15, 0.2) is 35.3 Å². The van der Waals surface area contributed by atoms with Crippen molar-refractivity contribution < 1.29 is 14.6 Å². The van der Waals surface area contributed by atoms with Crippen LogP contribution in [0.2, 0.25) is 0 Å². The Morgan fingerprint density at radius 3 is 2.67 bits per heavy atom. The molecular formula is C12H12N2O4. The highest BCUT2D eigenvalue weighted by Gasteiger charge is 2.14. The molecule has 2 N–H and O–H groups in total. The fourth-order valence-corrected chi connectivity index (χ4v) is 1.50. The van der Waals surface area contributed by atoms with E-state index in [1.54, 1.807) is 19.1 Å². The predicted molar refractivity (Wildman–Crippen MR) is 64.0 cm³/mol. The molecule has 6 nitrogen and oxygen atoms in total. The third-order valence-electron chi connectivity index (χ3n) is 2.35. The van der Waals surface area contributed by atoms with Crippen LogP contribution in [0, 0.1) is 0 Å². The summed E-state index contributed by atoms with van der Waals surface area (Å²) in [6.45, 7) is 1.88. The summed E-state index contributed by atoms with van der Waals surface area (Å²) < 4.78 is 6.16. The van der Waals surface area contributed by atoms with Gasteiger partial charge in [-0.05, 0) is 31.2 Å². The number of carbonyl (C=O) groups excluding carboxylic acids is 1. The predicted octanol–water partition coefficient (Wildman–Crippen LogP) is 1.05. The second-order valence-corrected chi connectivity index (χ2v) is 3.59. The number of hydrogen-bond acceptors (Lipinski definition) is 4. The van der Waals surface area contributed by atoms with Crippen molar-refractivity contribution in [1.82, 2.24) is 9.78 Å². The highest BCUT2D eigenvalue weighted by Crippen LogP contribution is 2.12. The number of nitrogens with zero attached hydrogens (tertiary/aromatic N) is 1. The van der Waals surface area contributed by atoms with Crippen molar-refractivity contribution >= 4 is 5.97 Å². The molecule has 1 heterocycles. The number of H-pyrrole nitrogens is 1. The molecule has 94 valence electrons. The SMILES string of the molecule is CCOC(=O)c1cn(-c2ccc(O)cc2)[nH]c1=O. The number of phenolic OH excluding ortho intramolecular Hbond substituents is 1. The van der Waals surface area contributed by atoms with Crippen molar-refractivity contribution in [3.63, 3.8) is 0 Å². The first-order valence-corrected chi connectivity index (χ1v) is 5.40. The molecule has 1 aromatic heterocycles. The second-order valence-electron chi connectivity index (χ2n) is 3.59. The molecule has 2 rings (SSSR count).